The molecule has 2 heterocycles. The molecule has 2 atom stereocenters. The van der Waals surface area contributed by atoms with Crippen molar-refractivity contribution in [2.45, 2.75) is 12.1 Å². The van der Waals surface area contributed by atoms with Gasteiger partial charge in [-0.2, -0.15) is 0 Å². The Morgan fingerprint density at radius 2 is 2.50 bits per heavy atom. The van der Waals surface area contributed by atoms with Crippen LogP contribution in [-0.4, -0.2) is 59.9 Å². The van der Waals surface area contributed by atoms with Gasteiger partial charge in [-0.05, 0) is 12.1 Å². The van der Waals surface area contributed by atoms with E-state index < -0.39 is 6.10 Å². The largest absolute Gasteiger partial charge is 0.482 e. The van der Waals surface area contributed by atoms with Crippen LogP contribution in [0.4, 0.5) is 0 Å². The first kappa shape index (κ1) is 12.8. The third-order valence-electron chi connectivity index (χ3n) is 2.91. The molecule has 1 saturated heterocycles. The molecule has 1 aliphatic rings. The first-order valence-corrected chi connectivity index (χ1v) is 5.73. The Kier molecular flexibility index (Phi) is 4.11. The van der Waals surface area contributed by atoms with Crippen molar-refractivity contribution in [3.63, 3.8) is 0 Å². The van der Waals surface area contributed by atoms with Crippen LogP contribution < -0.4 is 4.74 Å². The Morgan fingerprint density at radius 1 is 1.67 bits per heavy atom. The van der Waals surface area contributed by atoms with Crippen molar-refractivity contribution < 1.29 is 19.4 Å². The Bertz CT molecular complexity index is 398. The summed E-state index contributed by atoms with van der Waals surface area (Å²) in [6.07, 6.45) is 2.55. The van der Waals surface area contributed by atoms with Crippen LogP contribution in [0, 0.1) is 0 Å². The summed E-state index contributed by atoms with van der Waals surface area (Å²) in [5.41, 5.74) is 0. The van der Waals surface area contributed by atoms with Gasteiger partial charge in [-0.3, -0.25) is 9.78 Å². The Balaban J connectivity index is 1.84. The maximum Gasteiger partial charge on any atom is 0.260 e. The second-order valence-corrected chi connectivity index (χ2v) is 4.15. The summed E-state index contributed by atoms with van der Waals surface area (Å²) in [4.78, 5) is 17.2. The lowest BCUT2D eigenvalue weighted by atomic mass is 10.2. The predicted octanol–water partition coefficient (Wildman–Crippen LogP) is -0.322. The van der Waals surface area contributed by atoms with E-state index in [1.54, 1.807) is 31.6 Å². The van der Waals surface area contributed by atoms with Gasteiger partial charge in [0.1, 0.15) is 5.75 Å². The van der Waals surface area contributed by atoms with Crippen LogP contribution in [0.25, 0.3) is 0 Å². The lowest BCUT2D eigenvalue weighted by Crippen LogP contribution is -2.45. The molecule has 1 fully saturated rings. The number of amides is 1. The number of rotatable bonds is 4. The molecule has 6 heteroatoms. The summed E-state index contributed by atoms with van der Waals surface area (Å²) >= 11 is 0. The summed E-state index contributed by atoms with van der Waals surface area (Å²) in [5, 5.41) is 9.62. The number of carbonyl (C=O) groups is 1. The van der Waals surface area contributed by atoms with Crippen molar-refractivity contribution in [3.8, 4) is 5.75 Å². The first-order chi connectivity index (χ1) is 8.68. The number of aromatic nitrogens is 1. The van der Waals surface area contributed by atoms with Gasteiger partial charge in [-0.25, -0.2) is 0 Å². The zero-order valence-corrected chi connectivity index (χ0v) is 10.2. The number of hydrogen-bond acceptors (Lipinski definition) is 5. The molecule has 6 nitrogen and oxygen atoms in total. The summed E-state index contributed by atoms with van der Waals surface area (Å²) in [6, 6.07) is 3.17. The Morgan fingerprint density at radius 3 is 3.11 bits per heavy atom. The highest BCUT2D eigenvalue weighted by molar-refractivity contribution is 5.77. The molecule has 0 unspecified atom stereocenters. The maximum absolute atomic E-state index is 11.9. The van der Waals surface area contributed by atoms with Crippen LogP contribution >= 0.6 is 0 Å². The Labute approximate surface area is 105 Å². The highest BCUT2D eigenvalue weighted by Crippen LogP contribution is 2.12. The Hall–Kier alpha value is -1.66. The minimum atomic E-state index is -0.627. The van der Waals surface area contributed by atoms with Crippen molar-refractivity contribution in [1.29, 1.82) is 0 Å². The monoisotopic (exact) mass is 252 g/mol. The number of ether oxygens (including phenoxy) is 2. The number of aliphatic hydroxyl groups excluding tert-OH is 1. The zero-order valence-electron chi connectivity index (χ0n) is 10.2. The number of carbonyl (C=O) groups excluding carboxylic acids is 1. The zero-order chi connectivity index (χ0) is 13.0. The normalized spacial score (nSPS) is 22.8. The molecule has 98 valence electrons. The van der Waals surface area contributed by atoms with E-state index in [0.29, 0.717) is 12.4 Å². The van der Waals surface area contributed by atoms with Gasteiger partial charge in [0.2, 0.25) is 0 Å². The highest BCUT2D eigenvalue weighted by Gasteiger charge is 2.32. The first-order valence-electron chi connectivity index (χ1n) is 5.73. The molecule has 0 radical (unpaired) electrons. The van der Waals surface area contributed by atoms with Gasteiger partial charge in [0.05, 0.1) is 31.6 Å². The van der Waals surface area contributed by atoms with Gasteiger partial charge in [-0.15, -0.1) is 0 Å². The minimum Gasteiger partial charge on any atom is -0.482 e. The van der Waals surface area contributed by atoms with Gasteiger partial charge < -0.3 is 19.5 Å². The third-order valence-corrected chi connectivity index (χ3v) is 2.91. The van der Waals surface area contributed by atoms with Gasteiger partial charge in [0, 0.05) is 13.2 Å². The van der Waals surface area contributed by atoms with Gasteiger partial charge in [0.25, 0.3) is 5.91 Å². The van der Waals surface area contributed by atoms with Crippen molar-refractivity contribution in [2.75, 3.05) is 26.9 Å². The van der Waals surface area contributed by atoms with Crippen molar-refractivity contribution in [3.05, 3.63) is 24.5 Å². The fraction of sp³-hybridized carbons (Fsp3) is 0.500. The minimum absolute atomic E-state index is 0.0780. The third kappa shape index (κ3) is 2.96. The number of hydrogen-bond donors (Lipinski definition) is 1. The summed E-state index contributed by atoms with van der Waals surface area (Å²) in [7, 11) is 1.64. The van der Waals surface area contributed by atoms with Crippen molar-refractivity contribution in [1.82, 2.24) is 9.88 Å². The van der Waals surface area contributed by atoms with Crippen LogP contribution in [0.1, 0.15) is 0 Å². The fourth-order valence-electron chi connectivity index (χ4n) is 1.77. The fourth-order valence-corrected chi connectivity index (χ4v) is 1.77. The van der Waals surface area contributed by atoms with Crippen molar-refractivity contribution in [2.24, 2.45) is 0 Å². The summed E-state index contributed by atoms with van der Waals surface area (Å²) in [6.45, 7) is 0.549. The summed E-state index contributed by atoms with van der Waals surface area (Å²) < 4.78 is 10.4. The van der Waals surface area contributed by atoms with Gasteiger partial charge >= 0.3 is 0 Å². The molecule has 1 aromatic heterocycles. The molecule has 18 heavy (non-hydrogen) atoms. The van der Waals surface area contributed by atoms with E-state index in [1.807, 2.05) is 0 Å². The van der Waals surface area contributed by atoms with Crippen LogP contribution in [-0.2, 0) is 9.53 Å². The standard InChI is InChI=1S/C12H16N2O4/c1-14(10-6-17-7-11(10)15)12(16)8-18-9-3-2-4-13-5-9/h2-5,10-11,15H,6-8H2,1H3/t10-,11-/m0/s1. The molecule has 1 N–H and O–H groups in total. The molecule has 0 aromatic carbocycles. The average Bonchev–Trinajstić information content (AvgIpc) is 2.82. The molecule has 1 aliphatic heterocycles. The smallest absolute Gasteiger partial charge is 0.260 e. The molecule has 1 amide bonds. The maximum atomic E-state index is 11.9. The van der Waals surface area contributed by atoms with E-state index in [1.165, 1.54) is 4.90 Å². The van der Waals surface area contributed by atoms with E-state index in [0.717, 1.165) is 0 Å². The van der Waals surface area contributed by atoms with E-state index in [9.17, 15) is 9.90 Å². The molecule has 0 bridgehead atoms. The SMILES string of the molecule is CN(C(=O)COc1cccnc1)[C@H]1COC[C@@H]1O. The van der Waals surface area contributed by atoms with Crippen molar-refractivity contribution >= 4 is 5.91 Å². The lowest BCUT2D eigenvalue weighted by molar-refractivity contribution is -0.135. The molecule has 2 rings (SSSR count). The van der Waals surface area contributed by atoms with Crippen LogP contribution in [0.3, 0.4) is 0 Å². The number of pyridine rings is 1. The molecule has 1 aromatic rings. The second kappa shape index (κ2) is 5.79. The van der Waals surface area contributed by atoms with Crippen LogP contribution in [0.5, 0.6) is 5.75 Å². The van der Waals surface area contributed by atoms with Gasteiger partial charge in [-0.1, -0.05) is 0 Å². The predicted molar refractivity (Wildman–Crippen MR) is 63.1 cm³/mol. The second-order valence-electron chi connectivity index (χ2n) is 4.15. The topological polar surface area (TPSA) is 71.9 Å². The molecule has 0 aliphatic carbocycles. The number of likely N-dealkylation sites (N-methyl/N-ethyl adjacent to an activating group) is 1. The number of nitrogens with zero attached hydrogens (tertiary/aromatic N) is 2. The van der Waals surface area contributed by atoms with E-state index in [-0.39, 0.29) is 25.2 Å². The molecular formula is C12H16N2O4. The molecule has 0 saturated carbocycles. The quantitative estimate of drug-likeness (QED) is 0.795. The van der Waals surface area contributed by atoms with E-state index in [2.05, 4.69) is 4.98 Å². The van der Waals surface area contributed by atoms with Crippen LogP contribution in [0.2, 0.25) is 0 Å². The molecule has 0 spiro atoms. The van der Waals surface area contributed by atoms with E-state index in [4.69, 9.17) is 9.47 Å². The van der Waals surface area contributed by atoms with Gasteiger partial charge in [0.15, 0.2) is 6.61 Å². The summed E-state index contributed by atoms with van der Waals surface area (Å²) in [5.74, 6) is 0.343. The average molecular weight is 252 g/mol. The van der Waals surface area contributed by atoms with E-state index >= 15 is 0 Å². The number of aliphatic hydroxyl groups is 1. The van der Waals surface area contributed by atoms with Crippen LogP contribution in [0.15, 0.2) is 24.5 Å². The highest BCUT2D eigenvalue weighted by atomic mass is 16.5. The lowest BCUT2D eigenvalue weighted by Gasteiger charge is -2.25. The molecular weight excluding hydrogens is 236 g/mol.